The van der Waals surface area contributed by atoms with Crippen LogP contribution < -0.4 is 5.32 Å². The van der Waals surface area contributed by atoms with Crippen molar-refractivity contribution in [3.8, 4) is 6.07 Å². The Bertz CT molecular complexity index is 605. The first-order valence-electron chi connectivity index (χ1n) is 5.76. The van der Waals surface area contributed by atoms with Gasteiger partial charge in [0.15, 0.2) is 0 Å². The van der Waals surface area contributed by atoms with E-state index in [-0.39, 0.29) is 5.91 Å². The third-order valence-electron chi connectivity index (χ3n) is 2.49. The molecule has 0 saturated heterocycles. The van der Waals surface area contributed by atoms with Gasteiger partial charge in [0.2, 0.25) is 5.91 Å². The molecule has 0 aliphatic carbocycles. The number of nitrogens with zero attached hydrogens (tertiary/aromatic N) is 1. The van der Waals surface area contributed by atoms with Gasteiger partial charge in [-0.05, 0) is 35.9 Å². The molecule has 0 atom stereocenters. The van der Waals surface area contributed by atoms with E-state index in [1.807, 2.05) is 18.2 Å². The molecule has 0 unspecified atom stereocenters. The lowest BCUT2D eigenvalue weighted by molar-refractivity contribution is -0.116. The van der Waals surface area contributed by atoms with Crippen molar-refractivity contribution >= 4 is 12.0 Å². The quantitative estimate of drug-likeness (QED) is 0.850. The third-order valence-corrected chi connectivity index (χ3v) is 2.49. The molecule has 19 heavy (non-hydrogen) atoms. The zero-order chi connectivity index (χ0) is 13.5. The first-order valence-corrected chi connectivity index (χ1v) is 5.76. The summed E-state index contributed by atoms with van der Waals surface area (Å²) in [7, 11) is 0. The van der Waals surface area contributed by atoms with E-state index in [2.05, 4.69) is 5.32 Å². The molecule has 4 nitrogen and oxygen atoms in total. The molecule has 2 rings (SSSR count). The van der Waals surface area contributed by atoms with Crippen molar-refractivity contribution in [2.24, 2.45) is 0 Å². The highest BCUT2D eigenvalue weighted by Gasteiger charge is 1.98. The number of hydrogen-bond acceptors (Lipinski definition) is 3. The Labute approximate surface area is 111 Å². The molecule has 0 aliphatic heterocycles. The second-order valence-corrected chi connectivity index (χ2v) is 3.88. The Morgan fingerprint density at radius 1 is 1.32 bits per heavy atom. The Balaban J connectivity index is 1.84. The molecule has 1 heterocycles. The Hall–Kier alpha value is -2.80. The van der Waals surface area contributed by atoms with Gasteiger partial charge in [0.25, 0.3) is 0 Å². The van der Waals surface area contributed by atoms with Gasteiger partial charge in [0.1, 0.15) is 5.76 Å². The van der Waals surface area contributed by atoms with E-state index in [4.69, 9.17) is 9.68 Å². The van der Waals surface area contributed by atoms with Gasteiger partial charge in [-0.3, -0.25) is 4.79 Å². The maximum absolute atomic E-state index is 11.5. The Morgan fingerprint density at radius 3 is 2.74 bits per heavy atom. The van der Waals surface area contributed by atoms with Crippen LogP contribution in [0.25, 0.3) is 6.08 Å². The van der Waals surface area contributed by atoms with E-state index in [1.54, 1.807) is 36.6 Å². The minimum Gasteiger partial charge on any atom is -0.465 e. The number of carbonyl (C=O) groups is 1. The van der Waals surface area contributed by atoms with E-state index in [9.17, 15) is 4.79 Å². The minimum absolute atomic E-state index is 0.194. The van der Waals surface area contributed by atoms with Crippen LogP contribution in [0.2, 0.25) is 0 Å². The lowest BCUT2D eigenvalue weighted by Gasteiger charge is -2.02. The molecule has 1 aromatic heterocycles. The van der Waals surface area contributed by atoms with Gasteiger partial charge >= 0.3 is 0 Å². The van der Waals surface area contributed by atoms with Crippen molar-refractivity contribution in [3.05, 3.63) is 65.6 Å². The molecule has 0 aliphatic rings. The van der Waals surface area contributed by atoms with Crippen molar-refractivity contribution in [2.45, 2.75) is 6.54 Å². The van der Waals surface area contributed by atoms with E-state index >= 15 is 0 Å². The highest BCUT2D eigenvalue weighted by molar-refractivity contribution is 5.91. The van der Waals surface area contributed by atoms with Crippen LogP contribution in [0.4, 0.5) is 0 Å². The summed E-state index contributed by atoms with van der Waals surface area (Å²) in [6.45, 7) is 0.424. The van der Waals surface area contributed by atoms with Crippen LogP contribution in [0.15, 0.2) is 53.2 Å². The van der Waals surface area contributed by atoms with Crippen LogP contribution in [-0.4, -0.2) is 5.91 Å². The Morgan fingerprint density at radius 2 is 2.11 bits per heavy atom. The standard InChI is InChI=1S/C15H12N2O2/c16-10-12-3-5-13(6-4-12)11-17-15(18)8-7-14-2-1-9-19-14/h1-9H,11H2,(H,17,18)/b8-7+. The first kappa shape index (κ1) is 12.7. The number of benzene rings is 1. The van der Waals surface area contributed by atoms with Gasteiger partial charge in [-0.1, -0.05) is 12.1 Å². The summed E-state index contributed by atoms with van der Waals surface area (Å²) >= 11 is 0. The molecule has 1 N–H and O–H groups in total. The van der Waals surface area contributed by atoms with Crippen LogP contribution in [0, 0.1) is 11.3 Å². The molecule has 0 saturated carbocycles. The van der Waals surface area contributed by atoms with Crippen molar-refractivity contribution in [1.82, 2.24) is 5.32 Å². The second kappa shape index (κ2) is 6.22. The van der Waals surface area contributed by atoms with Gasteiger partial charge < -0.3 is 9.73 Å². The number of amides is 1. The molecule has 94 valence electrons. The number of nitriles is 1. The van der Waals surface area contributed by atoms with E-state index in [0.29, 0.717) is 17.9 Å². The number of furan rings is 1. The summed E-state index contributed by atoms with van der Waals surface area (Å²) in [4.78, 5) is 11.5. The second-order valence-electron chi connectivity index (χ2n) is 3.88. The highest BCUT2D eigenvalue weighted by Crippen LogP contribution is 2.04. The molecule has 0 bridgehead atoms. The summed E-state index contributed by atoms with van der Waals surface area (Å²) in [5.41, 5.74) is 1.55. The normalized spacial score (nSPS) is 10.3. The van der Waals surface area contributed by atoms with Gasteiger partial charge in [-0.15, -0.1) is 0 Å². The predicted molar refractivity (Wildman–Crippen MR) is 70.7 cm³/mol. The smallest absolute Gasteiger partial charge is 0.244 e. The Kier molecular flexibility index (Phi) is 4.14. The molecular formula is C15H12N2O2. The fourth-order valence-corrected chi connectivity index (χ4v) is 1.49. The summed E-state index contributed by atoms with van der Waals surface area (Å²) in [5.74, 6) is 0.439. The van der Waals surface area contributed by atoms with Crippen LogP contribution in [0.1, 0.15) is 16.9 Å². The molecule has 0 spiro atoms. The summed E-state index contributed by atoms with van der Waals surface area (Å²) < 4.78 is 5.07. The van der Waals surface area contributed by atoms with E-state index < -0.39 is 0 Å². The van der Waals surface area contributed by atoms with Crippen molar-refractivity contribution in [1.29, 1.82) is 5.26 Å². The topological polar surface area (TPSA) is 66.0 Å². The molecule has 4 heteroatoms. The number of hydrogen-bond donors (Lipinski definition) is 1. The number of rotatable bonds is 4. The van der Waals surface area contributed by atoms with Crippen molar-refractivity contribution in [3.63, 3.8) is 0 Å². The summed E-state index contributed by atoms with van der Waals surface area (Å²) in [6.07, 6.45) is 4.57. The molecule has 0 radical (unpaired) electrons. The van der Waals surface area contributed by atoms with Gasteiger partial charge in [0, 0.05) is 12.6 Å². The van der Waals surface area contributed by atoms with E-state index in [1.165, 1.54) is 6.08 Å². The highest BCUT2D eigenvalue weighted by atomic mass is 16.3. The lowest BCUT2D eigenvalue weighted by Crippen LogP contribution is -2.20. The fourth-order valence-electron chi connectivity index (χ4n) is 1.49. The van der Waals surface area contributed by atoms with Crippen LogP contribution in [0.5, 0.6) is 0 Å². The molecule has 0 fully saturated rings. The van der Waals surface area contributed by atoms with Crippen LogP contribution in [0.3, 0.4) is 0 Å². The largest absolute Gasteiger partial charge is 0.465 e. The average Bonchev–Trinajstić information content (AvgIpc) is 2.96. The SMILES string of the molecule is N#Cc1ccc(CNC(=O)/C=C/c2ccco2)cc1. The van der Waals surface area contributed by atoms with E-state index in [0.717, 1.165) is 5.56 Å². The maximum Gasteiger partial charge on any atom is 0.244 e. The summed E-state index contributed by atoms with van der Waals surface area (Å²) in [5, 5.41) is 11.4. The van der Waals surface area contributed by atoms with Gasteiger partial charge in [-0.2, -0.15) is 5.26 Å². The summed E-state index contributed by atoms with van der Waals surface area (Å²) in [6, 6.07) is 12.6. The van der Waals surface area contributed by atoms with Crippen molar-refractivity contribution < 1.29 is 9.21 Å². The van der Waals surface area contributed by atoms with Crippen LogP contribution >= 0.6 is 0 Å². The van der Waals surface area contributed by atoms with Crippen LogP contribution in [-0.2, 0) is 11.3 Å². The molecule has 2 aromatic rings. The fraction of sp³-hybridized carbons (Fsp3) is 0.0667. The minimum atomic E-state index is -0.194. The van der Waals surface area contributed by atoms with Crippen molar-refractivity contribution in [2.75, 3.05) is 0 Å². The van der Waals surface area contributed by atoms with Gasteiger partial charge in [0.05, 0.1) is 17.9 Å². The average molecular weight is 252 g/mol. The maximum atomic E-state index is 11.5. The van der Waals surface area contributed by atoms with Gasteiger partial charge in [-0.25, -0.2) is 0 Å². The monoisotopic (exact) mass is 252 g/mol. The zero-order valence-corrected chi connectivity index (χ0v) is 10.2. The third kappa shape index (κ3) is 3.86. The molecule has 1 amide bonds. The zero-order valence-electron chi connectivity index (χ0n) is 10.2. The molecule has 1 aromatic carbocycles. The predicted octanol–water partition coefficient (Wildman–Crippen LogP) is 2.48. The number of nitrogens with one attached hydrogen (secondary N) is 1. The number of carbonyl (C=O) groups excluding carboxylic acids is 1. The molecular weight excluding hydrogens is 240 g/mol. The first-order chi connectivity index (χ1) is 9.28. The lowest BCUT2D eigenvalue weighted by atomic mass is 10.1.